The molecule has 36 heavy (non-hydrogen) atoms. The predicted molar refractivity (Wildman–Crippen MR) is 133 cm³/mol. The van der Waals surface area contributed by atoms with Crippen LogP contribution in [-0.2, 0) is 28.7 Å². The van der Waals surface area contributed by atoms with Gasteiger partial charge < -0.3 is 20.5 Å². The summed E-state index contributed by atoms with van der Waals surface area (Å²) in [7, 11) is 0. The number of halogens is 1. The summed E-state index contributed by atoms with van der Waals surface area (Å²) in [5.41, 5.74) is 4.79. The summed E-state index contributed by atoms with van der Waals surface area (Å²) in [6, 6.07) is -1.12. The fraction of sp³-hybridized carbons (Fsp3) is 0.423. The molecule has 0 bridgehead atoms. The molecule has 3 atom stereocenters. The Morgan fingerprint density at radius 2 is 1.89 bits per heavy atom. The summed E-state index contributed by atoms with van der Waals surface area (Å²) in [6.07, 6.45) is 8.75. The zero-order chi connectivity index (χ0) is 27.4. The van der Waals surface area contributed by atoms with E-state index < -0.39 is 41.1 Å². The van der Waals surface area contributed by atoms with Crippen molar-refractivity contribution >= 4 is 41.0 Å². The molecule has 2 rings (SSSR count). The number of ketones is 2. The van der Waals surface area contributed by atoms with Gasteiger partial charge in [0.25, 0.3) is 0 Å². The molecular weight excluding hydrogens is 488 g/mol. The Balaban J connectivity index is 2.70. The third kappa shape index (κ3) is 6.20. The van der Waals surface area contributed by atoms with Crippen LogP contribution < -0.4 is 5.73 Å². The maximum Gasteiger partial charge on any atom is 0.304 e. The first-order valence-corrected chi connectivity index (χ1v) is 11.9. The molecule has 0 aromatic rings. The average molecular weight is 519 g/mol. The Labute approximate surface area is 215 Å². The Kier molecular flexibility index (Phi) is 9.21. The molecule has 0 aromatic carbocycles. The highest BCUT2D eigenvalue weighted by molar-refractivity contribution is 6.49. The van der Waals surface area contributed by atoms with E-state index in [1.807, 2.05) is 6.92 Å². The quantitative estimate of drug-likeness (QED) is 0.254. The van der Waals surface area contributed by atoms with Gasteiger partial charge in [0, 0.05) is 36.4 Å². The average Bonchev–Trinajstić information content (AvgIpc) is 2.79. The normalized spacial score (nSPS) is 22.2. The SMILES string of the molecule is CC[C@H](C)/C=C(C)/C=C/C1=CC2=C(Cl)C(=O)[C@@](C)(OC(C)=O)C(=O)C2=CN1[C@H](CCC(=O)O)C(N)=O. The number of rotatable bonds is 10. The summed E-state index contributed by atoms with van der Waals surface area (Å²) in [5, 5.41) is 8.85. The van der Waals surface area contributed by atoms with Gasteiger partial charge in [-0.3, -0.25) is 24.0 Å². The number of esters is 1. The number of nitrogens with zero attached hydrogens (tertiary/aromatic N) is 1. The Morgan fingerprint density at radius 3 is 2.42 bits per heavy atom. The number of hydrogen-bond acceptors (Lipinski definition) is 7. The van der Waals surface area contributed by atoms with Crippen LogP contribution >= 0.6 is 11.6 Å². The number of hydrogen-bond donors (Lipinski definition) is 2. The molecule has 0 spiro atoms. The number of carboxylic acids is 1. The second-order valence-electron chi connectivity index (χ2n) is 9.01. The van der Waals surface area contributed by atoms with E-state index in [1.54, 1.807) is 12.2 Å². The molecule has 9 nitrogen and oxygen atoms in total. The maximum absolute atomic E-state index is 13.4. The number of amides is 1. The van der Waals surface area contributed by atoms with Crippen molar-refractivity contribution in [1.29, 1.82) is 0 Å². The van der Waals surface area contributed by atoms with Crippen LogP contribution in [-0.4, -0.2) is 51.1 Å². The zero-order valence-corrected chi connectivity index (χ0v) is 21.7. The minimum atomic E-state index is -2.18. The molecule has 0 radical (unpaired) electrons. The lowest BCUT2D eigenvalue weighted by molar-refractivity contribution is -0.167. The van der Waals surface area contributed by atoms with Crippen LogP contribution in [0.1, 0.15) is 53.9 Å². The molecule has 0 fully saturated rings. The summed E-state index contributed by atoms with van der Waals surface area (Å²) in [6.45, 7) is 8.25. The van der Waals surface area contributed by atoms with Crippen LogP contribution in [0.3, 0.4) is 0 Å². The molecule has 3 N–H and O–H groups in total. The first-order chi connectivity index (χ1) is 16.7. The van der Waals surface area contributed by atoms with Crippen molar-refractivity contribution in [2.24, 2.45) is 11.7 Å². The minimum absolute atomic E-state index is 0.0612. The number of fused-ring (bicyclic) bond motifs is 1. The van der Waals surface area contributed by atoms with E-state index in [4.69, 9.17) is 27.2 Å². The second-order valence-corrected chi connectivity index (χ2v) is 9.39. The topological polar surface area (TPSA) is 144 Å². The van der Waals surface area contributed by atoms with E-state index in [0.717, 1.165) is 25.8 Å². The van der Waals surface area contributed by atoms with E-state index in [1.165, 1.54) is 17.2 Å². The number of primary amides is 1. The van der Waals surface area contributed by atoms with Gasteiger partial charge in [0.2, 0.25) is 23.1 Å². The molecule has 194 valence electrons. The van der Waals surface area contributed by atoms with Crippen LogP contribution in [0.5, 0.6) is 0 Å². The van der Waals surface area contributed by atoms with Gasteiger partial charge in [-0.2, -0.15) is 0 Å². The molecule has 1 aliphatic carbocycles. The smallest absolute Gasteiger partial charge is 0.304 e. The monoisotopic (exact) mass is 518 g/mol. The molecule has 0 unspecified atom stereocenters. The van der Waals surface area contributed by atoms with Gasteiger partial charge in [0.05, 0.1) is 5.03 Å². The van der Waals surface area contributed by atoms with Gasteiger partial charge in [-0.25, -0.2) is 0 Å². The zero-order valence-electron chi connectivity index (χ0n) is 21.0. The van der Waals surface area contributed by atoms with Crippen molar-refractivity contribution in [2.75, 3.05) is 0 Å². The highest BCUT2D eigenvalue weighted by Crippen LogP contribution is 2.40. The van der Waals surface area contributed by atoms with E-state index >= 15 is 0 Å². The van der Waals surface area contributed by atoms with Gasteiger partial charge >= 0.3 is 11.9 Å². The molecule has 0 aromatic heterocycles. The molecule has 10 heteroatoms. The lowest BCUT2D eigenvalue weighted by atomic mass is 9.79. The van der Waals surface area contributed by atoms with Crippen molar-refractivity contribution in [3.8, 4) is 0 Å². The van der Waals surface area contributed by atoms with E-state index in [-0.39, 0.29) is 29.0 Å². The van der Waals surface area contributed by atoms with Crippen LogP contribution in [0, 0.1) is 5.92 Å². The summed E-state index contributed by atoms with van der Waals surface area (Å²) in [5.74, 6) is -4.13. The Morgan fingerprint density at radius 1 is 1.25 bits per heavy atom. The molecule has 0 saturated heterocycles. The number of allylic oxidation sites excluding steroid dienone is 6. The van der Waals surface area contributed by atoms with Gasteiger partial charge in [-0.1, -0.05) is 49.6 Å². The van der Waals surface area contributed by atoms with Crippen molar-refractivity contribution in [1.82, 2.24) is 4.90 Å². The fourth-order valence-corrected chi connectivity index (χ4v) is 4.28. The second kappa shape index (κ2) is 11.5. The van der Waals surface area contributed by atoms with Crippen LogP contribution in [0.25, 0.3) is 0 Å². The third-order valence-electron chi connectivity index (χ3n) is 6.05. The van der Waals surface area contributed by atoms with Crippen molar-refractivity contribution in [2.45, 2.75) is 65.5 Å². The number of aliphatic carboxylic acids is 1. The fourth-order valence-electron chi connectivity index (χ4n) is 3.94. The molecular formula is C26H31ClN2O7. The van der Waals surface area contributed by atoms with Crippen molar-refractivity contribution in [3.63, 3.8) is 0 Å². The van der Waals surface area contributed by atoms with Gasteiger partial charge in [0.15, 0.2) is 0 Å². The summed E-state index contributed by atoms with van der Waals surface area (Å²) < 4.78 is 5.07. The van der Waals surface area contributed by atoms with Crippen molar-refractivity contribution in [3.05, 3.63) is 58.0 Å². The van der Waals surface area contributed by atoms with Gasteiger partial charge in [0.1, 0.15) is 6.04 Å². The van der Waals surface area contributed by atoms with E-state index in [9.17, 15) is 24.0 Å². The molecule has 1 amide bonds. The molecule has 1 heterocycles. The predicted octanol–water partition coefficient (Wildman–Crippen LogP) is 3.30. The van der Waals surface area contributed by atoms with Crippen LogP contribution in [0.15, 0.2) is 58.0 Å². The number of ether oxygens (including phenoxy) is 1. The third-order valence-corrected chi connectivity index (χ3v) is 6.42. The first-order valence-electron chi connectivity index (χ1n) is 11.5. The largest absolute Gasteiger partial charge is 0.481 e. The van der Waals surface area contributed by atoms with E-state index in [0.29, 0.717) is 11.6 Å². The maximum atomic E-state index is 13.4. The number of carbonyl (C=O) groups excluding carboxylic acids is 4. The Hall–Kier alpha value is -3.46. The lowest BCUT2D eigenvalue weighted by Gasteiger charge is -2.37. The van der Waals surface area contributed by atoms with Crippen molar-refractivity contribution < 1.29 is 33.8 Å². The number of carbonyl (C=O) groups is 5. The van der Waals surface area contributed by atoms with Gasteiger partial charge in [-0.05, 0) is 38.3 Å². The molecule has 1 aliphatic heterocycles. The highest BCUT2D eigenvalue weighted by Gasteiger charge is 2.52. The Bertz CT molecular complexity index is 1140. The summed E-state index contributed by atoms with van der Waals surface area (Å²) in [4.78, 5) is 62.9. The molecule has 0 saturated carbocycles. The summed E-state index contributed by atoms with van der Waals surface area (Å²) >= 11 is 6.36. The molecule has 2 aliphatic rings. The number of carboxylic acid groups (broad SMARTS) is 1. The lowest BCUT2D eigenvalue weighted by Crippen LogP contribution is -2.52. The highest BCUT2D eigenvalue weighted by atomic mass is 35.5. The van der Waals surface area contributed by atoms with Crippen LogP contribution in [0.2, 0.25) is 0 Å². The number of Topliss-reactive ketones (excluding diaryl/α,β-unsaturated/α-hetero) is 2. The number of nitrogens with two attached hydrogens (primary N) is 1. The van der Waals surface area contributed by atoms with E-state index in [2.05, 4.69) is 19.9 Å². The standard InChI is InChI=1S/C26H31ClN2O7/c1-6-14(2)11-15(3)7-8-17-12-18-19(13-29(17)20(25(28)35)9-10-21(31)32)23(33)26(5,36-16(4)30)24(34)22(18)27/h7-8,11-14,20H,6,9-10H2,1-5H3,(H2,28,35)(H,31,32)/b8-7+,15-11+/t14-,20+,26-/m0/s1. The first kappa shape index (κ1) is 28.8. The van der Waals surface area contributed by atoms with Gasteiger partial charge in [-0.15, -0.1) is 0 Å². The minimum Gasteiger partial charge on any atom is -0.481 e. The van der Waals surface area contributed by atoms with Crippen LogP contribution in [0.4, 0.5) is 0 Å².